The first-order valence-corrected chi connectivity index (χ1v) is 11.7. The van der Waals surface area contributed by atoms with Crippen LogP contribution in [0.15, 0.2) is 72.8 Å². The third kappa shape index (κ3) is 5.09. The lowest BCUT2D eigenvalue weighted by molar-refractivity contribution is -0.134. The van der Waals surface area contributed by atoms with Gasteiger partial charge in [0.15, 0.2) is 0 Å². The Hall–Kier alpha value is -4.39. The molecule has 1 aliphatic heterocycles. The molecule has 7 heteroatoms. The molecule has 1 saturated heterocycles. The molecule has 0 saturated carbocycles. The van der Waals surface area contributed by atoms with E-state index in [-0.39, 0.29) is 11.8 Å². The zero-order valence-corrected chi connectivity index (χ0v) is 19.5. The minimum Gasteiger partial charge on any atom is -0.355 e. The van der Waals surface area contributed by atoms with E-state index < -0.39 is 6.04 Å². The van der Waals surface area contributed by atoms with Gasteiger partial charge in [-0.05, 0) is 60.9 Å². The highest BCUT2D eigenvalue weighted by Gasteiger charge is 2.32. The maximum Gasteiger partial charge on any atom is 0.247 e. The number of likely N-dealkylation sites (tertiary alicyclic amines) is 1. The standard InChI is InChI=1S/C28H27N5O2/c1-19(34)33-16-6-11-27(33)28(35)30-22-10-5-9-21(17-22)29-23-13-14-24-25(31-32-26(24)18-23)15-12-20-7-3-2-4-8-20/h2-5,7-10,12-15,17-18,27,29H,6,11,16H2,1H3,(H,30,35)(H,31,32)/b15-12+/t27-/m1/s1. The zero-order chi connectivity index (χ0) is 24.2. The van der Waals surface area contributed by atoms with Crippen molar-refractivity contribution in [2.24, 2.45) is 0 Å². The van der Waals surface area contributed by atoms with Gasteiger partial charge >= 0.3 is 0 Å². The predicted molar refractivity (Wildman–Crippen MR) is 140 cm³/mol. The summed E-state index contributed by atoms with van der Waals surface area (Å²) in [6, 6.07) is 23.3. The molecule has 0 aliphatic carbocycles. The second-order valence-electron chi connectivity index (χ2n) is 8.68. The normalized spacial score (nSPS) is 15.6. The second-order valence-corrected chi connectivity index (χ2v) is 8.68. The van der Waals surface area contributed by atoms with E-state index in [9.17, 15) is 9.59 Å². The van der Waals surface area contributed by atoms with Gasteiger partial charge in [0.25, 0.3) is 0 Å². The summed E-state index contributed by atoms with van der Waals surface area (Å²) in [5.41, 5.74) is 5.37. The molecular weight excluding hydrogens is 438 g/mol. The first-order chi connectivity index (χ1) is 17.1. The second kappa shape index (κ2) is 9.85. The van der Waals surface area contributed by atoms with Crippen LogP contribution in [0.2, 0.25) is 0 Å². The van der Waals surface area contributed by atoms with E-state index in [2.05, 4.69) is 33.0 Å². The van der Waals surface area contributed by atoms with Crippen molar-refractivity contribution in [1.29, 1.82) is 0 Å². The number of nitrogens with one attached hydrogen (secondary N) is 3. The maximum atomic E-state index is 12.7. The predicted octanol–water partition coefficient (Wildman–Crippen LogP) is 5.43. The lowest BCUT2D eigenvalue weighted by Crippen LogP contribution is -2.42. The number of amides is 2. The molecule has 2 heterocycles. The van der Waals surface area contributed by atoms with E-state index in [1.165, 1.54) is 6.92 Å². The van der Waals surface area contributed by atoms with Crippen molar-refractivity contribution < 1.29 is 9.59 Å². The van der Waals surface area contributed by atoms with Gasteiger partial charge in [0.1, 0.15) is 6.04 Å². The number of H-pyrrole nitrogens is 1. The minimum absolute atomic E-state index is 0.0639. The summed E-state index contributed by atoms with van der Waals surface area (Å²) in [6.07, 6.45) is 5.59. The molecule has 5 rings (SSSR count). The first kappa shape index (κ1) is 22.4. The van der Waals surface area contributed by atoms with Gasteiger partial charge in [0.2, 0.25) is 11.8 Å². The summed E-state index contributed by atoms with van der Waals surface area (Å²) < 4.78 is 0. The Kier molecular flexibility index (Phi) is 6.30. The smallest absolute Gasteiger partial charge is 0.247 e. The average Bonchev–Trinajstić information content (AvgIpc) is 3.51. The minimum atomic E-state index is -0.406. The van der Waals surface area contributed by atoms with Gasteiger partial charge in [-0.2, -0.15) is 5.10 Å². The lowest BCUT2D eigenvalue weighted by Gasteiger charge is -2.22. The number of nitrogens with zero attached hydrogens (tertiary/aromatic N) is 2. The molecule has 3 N–H and O–H groups in total. The van der Waals surface area contributed by atoms with Crippen molar-refractivity contribution in [2.75, 3.05) is 17.2 Å². The Balaban J connectivity index is 1.28. The topological polar surface area (TPSA) is 90.1 Å². The van der Waals surface area contributed by atoms with Crippen molar-refractivity contribution in [2.45, 2.75) is 25.8 Å². The van der Waals surface area contributed by atoms with Gasteiger partial charge in [-0.1, -0.05) is 42.5 Å². The van der Waals surface area contributed by atoms with E-state index in [0.717, 1.165) is 40.0 Å². The number of aromatic amines is 1. The Labute approximate surface area is 203 Å². The monoisotopic (exact) mass is 465 g/mol. The van der Waals surface area contributed by atoms with Crippen LogP contribution in [0.25, 0.3) is 23.1 Å². The zero-order valence-electron chi connectivity index (χ0n) is 19.5. The first-order valence-electron chi connectivity index (χ1n) is 11.7. The van der Waals surface area contributed by atoms with Gasteiger partial charge in [-0.25, -0.2) is 0 Å². The van der Waals surface area contributed by atoms with E-state index in [1.807, 2.05) is 72.8 Å². The number of carbonyl (C=O) groups excluding carboxylic acids is 2. The Bertz CT molecular complexity index is 1390. The fraction of sp³-hybridized carbons (Fsp3) is 0.179. The maximum absolute atomic E-state index is 12.7. The van der Waals surface area contributed by atoms with Crippen LogP contribution < -0.4 is 10.6 Å². The van der Waals surface area contributed by atoms with Crippen LogP contribution >= 0.6 is 0 Å². The highest BCUT2D eigenvalue weighted by atomic mass is 16.2. The number of benzene rings is 3. The van der Waals surface area contributed by atoms with Crippen molar-refractivity contribution in [1.82, 2.24) is 15.1 Å². The number of anilines is 3. The molecule has 35 heavy (non-hydrogen) atoms. The molecule has 2 amide bonds. The molecule has 7 nitrogen and oxygen atoms in total. The van der Waals surface area contributed by atoms with Gasteiger partial charge in [-0.3, -0.25) is 14.7 Å². The molecule has 0 radical (unpaired) electrons. The molecule has 0 unspecified atom stereocenters. The van der Waals surface area contributed by atoms with Gasteiger partial charge in [-0.15, -0.1) is 0 Å². The fourth-order valence-corrected chi connectivity index (χ4v) is 4.47. The lowest BCUT2D eigenvalue weighted by atomic mass is 10.1. The van der Waals surface area contributed by atoms with Crippen molar-refractivity contribution >= 4 is 51.9 Å². The highest BCUT2D eigenvalue weighted by Crippen LogP contribution is 2.26. The third-order valence-corrected chi connectivity index (χ3v) is 6.20. The third-order valence-electron chi connectivity index (χ3n) is 6.20. The Morgan fingerprint density at radius 2 is 1.77 bits per heavy atom. The Morgan fingerprint density at radius 1 is 0.971 bits per heavy atom. The van der Waals surface area contributed by atoms with Crippen molar-refractivity contribution in [3.05, 3.63) is 84.1 Å². The van der Waals surface area contributed by atoms with Crippen LogP contribution in [-0.2, 0) is 9.59 Å². The molecule has 1 aliphatic rings. The van der Waals surface area contributed by atoms with E-state index >= 15 is 0 Å². The van der Waals surface area contributed by atoms with Crippen molar-refractivity contribution in [3.8, 4) is 0 Å². The van der Waals surface area contributed by atoms with Crippen LogP contribution in [-0.4, -0.2) is 39.5 Å². The van der Waals surface area contributed by atoms with Crippen LogP contribution in [0, 0.1) is 0 Å². The van der Waals surface area contributed by atoms with E-state index in [4.69, 9.17) is 0 Å². The number of rotatable bonds is 6. The molecular formula is C28H27N5O2. The molecule has 0 spiro atoms. The van der Waals surface area contributed by atoms with Gasteiger partial charge in [0.05, 0.1) is 11.2 Å². The summed E-state index contributed by atoms with van der Waals surface area (Å²) in [4.78, 5) is 26.2. The quantitative estimate of drug-likeness (QED) is 0.354. The molecule has 1 atom stereocenters. The highest BCUT2D eigenvalue weighted by molar-refractivity contribution is 5.98. The molecule has 1 aromatic heterocycles. The number of aromatic nitrogens is 2. The van der Waals surface area contributed by atoms with E-state index in [0.29, 0.717) is 18.7 Å². The number of hydrogen-bond acceptors (Lipinski definition) is 4. The number of carbonyl (C=O) groups is 2. The van der Waals surface area contributed by atoms with Crippen LogP contribution in [0.5, 0.6) is 0 Å². The summed E-state index contributed by atoms with van der Waals surface area (Å²) in [5.74, 6) is -0.212. The van der Waals surface area contributed by atoms with Crippen LogP contribution in [0.4, 0.5) is 17.1 Å². The molecule has 176 valence electrons. The van der Waals surface area contributed by atoms with E-state index in [1.54, 1.807) is 4.90 Å². The fourth-order valence-electron chi connectivity index (χ4n) is 4.47. The summed E-state index contributed by atoms with van der Waals surface area (Å²) >= 11 is 0. The molecule has 1 fully saturated rings. The van der Waals surface area contributed by atoms with Gasteiger partial charge < -0.3 is 15.5 Å². The molecule has 4 aromatic rings. The number of fused-ring (bicyclic) bond motifs is 1. The summed E-state index contributed by atoms with van der Waals surface area (Å²) in [6.45, 7) is 2.14. The average molecular weight is 466 g/mol. The number of hydrogen-bond donors (Lipinski definition) is 3. The van der Waals surface area contributed by atoms with Crippen LogP contribution in [0.1, 0.15) is 31.0 Å². The summed E-state index contributed by atoms with van der Waals surface area (Å²) in [5, 5.41) is 14.9. The van der Waals surface area contributed by atoms with Crippen molar-refractivity contribution in [3.63, 3.8) is 0 Å². The SMILES string of the molecule is CC(=O)N1CCC[C@@H]1C(=O)Nc1cccc(Nc2ccc3c(/C=C/c4ccccc4)n[nH]c3c2)c1. The van der Waals surface area contributed by atoms with Crippen LogP contribution in [0.3, 0.4) is 0 Å². The summed E-state index contributed by atoms with van der Waals surface area (Å²) in [7, 11) is 0. The Morgan fingerprint density at radius 3 is 2.60 bits per heavy atom. The van der Waals surface area contributed by atoms with Gasteiger partial charge in [0, 0.05) is 35.9 Å². The molecule has 0 bridgehead atoms. The largest absolute Gasteiger partial charge is 0.355 e. The molecule has 3 aromatic carbocycles.